The molecule has 3 aromatic rings. The van der Waals surface area contributed by atoms with E-state index in [4.69, 9.17) is 11.3 Å². The van der Waals surface area contributed by atoms with Crippen LogP contribution in [0.5, 0.6) is 5.75 Å². The number of hydrogen-bond acceptors (Lipinski definition) is 9. The average Bonchev–Trinajstić information content (AvgIpc) is 3.65. The summed E-state index contributed by atoms with van der Waals surface area (Å²) in [7, 11) is 0. The van der Waals surface area contributed by atoms with Crippen LogP contribution in [0.1, 0.15) is 101 Å². The first-order valence-electron chi connectivity index (χ1n) is 20.8. The van der Waals surface area contributed by atoms with Crippen molar-refractivity contribution in [3.05, 3.63) is 93.5 Å². The van der Waals surface area contributed by atoms with Gasteiger partial charge in [-0.05, 0) is 80.4 Å². The lowest BCUT2D eigenvalue weighted by molar-refractivity contribution is -0.199. The van der Waals surface area contributed by atoms with Crippen LogP contribution in [0.3, 0.4) is 0 Å². The summed E-state index contributed by atoms with van der Waals surface area (Å²) in [5.74, 6) is 4.04. The molecule has 16 heteroatoms. The molecule has 2 aromatic carbocycles. The lowest BCUT2D eigenvalue weighted by atomic mass is 9.49. The summed E-state index contributed by atoms with van der Waals surface area (Å²) in [6.07, 6.45) is -2.15. The molecule has 6 aliphatic rings. The van der Waals surface area contributed by atoms with Crippen molar-refractivity contribution in [3.8, 4) is 17.6 Å². The van der Waals surface area contributed by atoms with E-state index in [2.05, 4.69) is 36.8 Å². The zero-order valence-corrected chi connectivity index (χ0v) is 34.6. The van der Waals surface area contributed by atoms with Gasteiger partial charge in [-0.3, -0.25) is 39.1 Å². The van der Waals surface area contributed by atoms with Crippen molar-refractivity contribution >= 4 is 41.0 Å². The van der Waals surface area contributed by atoms with E-state index in [0.717, 1.165) is 73.0 Å². The Kier molecular flexibility index (Phi) is 9.74. The molecule has 5 amide bonds. The van der Waals surface area contributed by atoms with Gasteiger partial charge >= 0.3 is 6.18 Å². The predicted octanol–water partition coefficient (Wildman–Crippen LogP) is 5.84. The zero-order chi connectivity index (χ0) is 44.0. The first-order valence-corrected chi connectivity index (χ1v) is 20.8. The maximum atomic E-state index is 13.8. The van der Waals surface area contributed by atoms with E-state index in [0.29, 0.717) is 18.2 Å². The molecule has 0 spiro atoms. The molecule has 4 fully saturated rings. The standard InChI is InChI=1S/C46H44F3N7O6/c1-44(2)42(45(3,4)43(44)62-30-20-34(46(47,48)49)37(50-5)51-21-30)55-22-27-18-26(8-10-31(27)39(55)59)7-6-25-14-16-53(17-15-25)29-23-54(24-29)28-9-11-32-33(19-28)41(61)56(40(32)60)35-12-13-36(57)52-38(35)58/h8-11,18-21,25,29,35,42-43H,12-17,22-24H2,1-4H3,(H,52,57,58). The van der Waals surface area contributed by atoms with E-state index in [1.165, 1.54) is 0 Å². The number of fused-ring (bicyclic) bond motifs is 2. The molecule has 62 heavy (non-hydrogen) atoms. The number of halogens is 3. The van der Waals surface area contributed by atoms with Crippen molar-refractivity contribution in [3.63, 3.8) is 0 Å². The molecule has 6 heterocycles. The number of carbonyl (C=O) groups excluding carboxylic acids is 5. The number of ether oxygens (including phenoxy) is 1. The molecule has 0 radical (unpaired) electrons. The van der Waals surface area contributed by atoms with Crippen molar-refractivity contribution in [1.29, 1.82) is 0 Å². The molecule has 1 N–H and O–H groups in total. The second-order valence-corrected chi connectivity index (χ2v) is 18.3. The zero-order valence-electron chi connectivity index (χ0n) is 34.6. The Hall–Kier alpha value is -6.26. The lowest BCUT2D eigenvalue weighted by Crippen LogP contribution is -2.74. The molecule has 1 unspecified atom stereocenters. The number of anilines is 1. The third kappa shape index (κ3) is 6.76. The summed E-state index contributed by atoms with van der Waals surface area (Å²) in [5.41, 5.74) is 1.29. The number of piperidine rings is 2. The van der Waals surface area contributed by atoms with E-state index in [9.17, 15) is 37.1 Å². The fourth-order valence-electron chi connectivity index (χ4n) is 10.9. The van der Waals surface area contributed by atoms with Crippen molar-refractivity contribution in [2.75, 3.05) is 31.1 Å². The van der Waals surface area contributed by atoms with Gasteiger partial charge in [-0.1, -0.05) is 46.1 Å². The van der Waals surface area contributed by atoms with E-state index < -0.39 is 64.2 Å². The summed E-state index contributed by atoms with van der Waals surface area (Å²) in [5, 5.41) is 2.22. The molecule has 320 valence electrons. The number of imide groups is 2. The molecule has 9 rings (SSSR count). The number of nitrogens with one attached hydrogen (secondary N) is 1. The fourth-order valence-corrected chi connectivity index (χ4v) is 10.9. The predicted molar refractivity (Wildman–Crippen MR) is 218 cm³/mol. The van der Waals surface area contributed by atoms with Crippen LogP contribution < -0.4 is 15.0 Å². The normalized spacial score (nSPS) is 24.7. The third-order valence-electron chi connectivity index (χ3n) is 13.6. The van der Waals surface area contributed by atoms with Crippen molar-refractivity contribution in [2.24, 2.45) is 16.7 Å². The fraction of sp³-hybridized carbons (Fsp3) is 0.457. The monoisotopic (exact) mass is 847 g/mol. The van der Waals surface area contributed by atoms with E-state index in [1.807, 2.05) is 56.9 Å². The highest BCUT2D eigenvalue weighted by Crippen LogP contribution is 2.59. The first-order chi connectivity index (χ1) is 29.4. The van der Waals surface area contributed by atoms with Crippen molar-refractivity contribution in [1.82, 2.24) is 25.0 Å². The second kappa shape index (κ2) is 14.7. The van der Waals surface area contributed by atoms with Gasteiger partial charge in [0, 0.05) is 71.7 Å². The van der Waals surface area contributed by atoms with Crippen LogP contribution in [-0.2, 0) is 22.3 Å². The number of carbonyl (C=O) groups is 5. The van der Waals surface area contributed by atoms with Gasteiger partial charge in [0.05, 0.1) is 16.7 Å². The first kappa shape index (κ1) is 41.1. The Bertz CT molecular complexity index is 2540. The highest BCUT2D eigenvalue weighted by Gasteiger charge is 2.67. The number of hydrogen-bond donors (Lipinski definition) is 1. The summed E-state index contributed by atoms with van der Waals surface area (Å²) < 4.78 is 47.1. The highest BCUT2D eigenvalue weighted by molar-refractivity contribution is 6.23. The maximum Gasteiger partial charge on any atom is 0.409 e. The molecule has 1 atom stereocenters. The number of pyridine rings is 1. The van der Waals surface area contributed by atoms with E-state index in [-0.39, 0.29) is 47.6 Å². The molecule has 1 saturated carbocycles. The van der Waals surface area contributed by atoms with Gasteiger partial charge in [0.2, 0.25) is 11.8 Å². The third-order valence-corrected chi connectivity index (χ3v) is 13.6. The highest BCUT2D eigenvalue weighted by atomic mass is 19.4. The minimum absolute atomic E-state index is 0.0686. The molecule has 1 aromatic heterocycles. The second-order valence-electron chi connectivity index (χ2n) is 18.3. The van der Waals surface area contributed by atoms with Gasteiger partial charge in [0.25, 0.3) is 23.5 Å². The van der Waals surface area contributed by atoms with Crippen LogP contribution in [0.25, 0.3) is 4.85 Å². The Balaban J connectivity index is 0.781. The minimum atomic E-state index is -4.76. The van der Waals surface area contributed by atoms with Gasteiger partial charge in [0.15, 0.2) is 11.9 Å². The lowest BCUT2D eigenvalue weighted by Gasteiger charge is -2.65. The van der Waals surface area contributed by atoms with E-state index in [1.54, 1.807) is 12.1 Å². The smallest absolute Gasteiger partial charge is 0.409 e. The van der Waals surface area contributed by atoms with Crippen molar-refractivity contribution < 1.29 is 41.9 Å². The van der Waals surface area contributed by atoms with Gasteiger partial charge in [-0.25, -0.2) is 0 Å². The summed E-state index contributed by atoms with van der Waals surface area (Å²) in [6.45, 7) is 18.6. The topological polar surface area (TPSA) is 137 Å². The van der Waals surface area contributed by atoms with Crippen LogP contribution in [0.4, 0.5) is 24.7 Å². The maximum absolute atomic E-state index is 13.8. The number of amides is 5. The summed E-state index contributed by atoms with van der Waals surface area (Å²) in [4.78, 5) is 78.4. The number of benzene rings is 2. The average molecular weight is 848 g/mol. The van der Waals surface area contributed by atoms with Gasteiger partial charge in [0.1, 0.15) is 12.1 Å². The quantitative estimate of drug-likeness (QED) is 0.184. The van der Waals surface area contributed by atoms with Crippen LogP contribution in [0.2, 0.25) is 0 Å². The largest absolute Gasteiger partial charge is 0.485 e. The Morgan fingerprint density at radius 1 is 0.887 bits per heavy atom. The SMILES string of the molecule is [C-]#[N+]c1ncc(OC2C(C)(C)C(N3Cc4cc(C#CC5CCN(C6CN(c7ccc8c(c7)C(=O)N(C7CCC(=O)NC7=O)C8=O)C6)CC5)ccc4C3=O)C2(C)C)cc1C(F)(F)F. The van der Waals surface area contributed by atoms with Crippen LogP contribution in [0.15, 0.2) is 48.7 Å². The van der Waals surface area contributed by atoms with Gasteiger partial charge in [-0.15, -0.1) is 4.98 Å². The van der Waals surface area contributed by atoms with Gasteiger partial charge < -0.3 is 19.4 Å². The molecule has 3 saturated heterocycles. The summed E-state index contributed by atoms with van der Waals surface area (Å²) in [6, 6.07) is 10.8. The molecule has 5 aliphatic heterocycles. The number of nitrogens with zero attached hydrogens (tertiary/aromatic N) is 6. The molecule has 1 aliphatic carbocycles. The Labute approximate surface area is 356 Å². The summed E-state index contributed by atoms with van der Waals surface area (Å²) >= 11 is 0. The van der Waals surface area contributed by atoms with Crippen LogP contribution >= 0.6 is 0 Å². The van der Waals surface area contributed by atoms with Gasteiger partial charge in [-0.2, -0.15) is 13.2 Å². The van der Waals surface area contributed by atoms with Crippen molar-refractivity contribution in [2.45, 2.75) is 90.3 Å². The van der Waals surface area contributed by atoms with Crippen LogP contribution in [-0.4, -0.2) is 99.6 Å². The Morgan fingerprint density at radius 3 is 2.26 bits per heavy atom. The minimum Gasteiger partial charge on any atom is -0.485 e. The number of rotatable bonds is 6. The number of aromatic nitrogens is 1. The van der Waals surface area contributed by atoms with Crippen LogP contribution in [0, 0.1) is 35.2 Å². The molecular formula is C46H44F3N7O6. The molecule has 0 bridgehead atoms. The Morgan fingerprint density at radius 2 is 1.58 bits per heavy atom. The molecule has 13 nitrogen and oxygen atoms in total. The number of likely N-dealkylation sites (tertiary alicyclic amines) is 1. The number of alkyl halides is 3. The van der Waals surface area contributed by atoms with E-state index >= 15 is 0 Å². The molecular weight excluding hydrogens is 804 g/mol.